The van der Waals surface area contributed by atoms with Crippen LogP contribution in [0.5, 0.6) is 0 Å². The van der Waals surface area contributed by atoms with Crippen molar-refractivity contribution >= 4 is 17.4 Å². The minimum Gasteiger partial charge on any atom is -0.360 e. The van der Waals surface area contributed by atoms with Crippen LogP contribution >= 0.6 is 11.3 Å². The highest BCUT2D eigenvalue weighted by Crippen LogP contribution is 2.55. The molecule has 36 heavy (non-hydrogen) atoms. The van der Waals surface area contributed by atoms with Crippen LogP contribution in [0, 0.1) is 24.7 Å². The van der Waals surface area contributed by atoms with Gasteiger partial charge in [0.2, 0.25) is 0 Å². The van der Waals surface area contributed by atoms with E-state index in [1.54, 1.807) is 11.3 Å². The van der Waals surface area contributed by atoms with E-state index in [9.17, 15) is 4.79 Å². The Labute approximate surface area is 216 Å². The first-order chi connectivity index (χ1) is 17.6. The van der Waals surface area contributed by atoms with E-state index in [-0.39, 0.29) is 11.6 Å². The fourth-order valence-electron chi connectivity index (χ4n) is 7.96. The van der Waals surface area contributed by atoms with Crippen LogP contribution in [-0.4, -0.2) is 39.7 Å². The number of aromatic nitrogens is 2. The van der Waals surface area contributed by atoms with Crippen LogP contribution in [-0.2, 0) is 0 Å². The van der Waals surface area contributed by atoms with E-state index >= 15 is 0 Å². The highest BCUT2D eigenvalue weighted by atomic mass is 32.1. The van der Waals surface area contributed by atoms with Crippen LogP contribution in [0.2, 0.25) is 0 Å². The molecule has 188 valence electrons. The number of urea groups is 1. The summed E-state index contributed by atoms with van der Waals surface area (Å²) in [5.74, 6) is 3.73. The first kappa shape index (κ1) is 22.5. The Hall–Kier alpha value is -2.67. The predicted octanol–water partition coefficient (Wildman–Crippen LogP) is 6.63. The molecule has 1 aliphatic heterocycles. The lowest BCUT2D eigenvalue weighted by Gasteiger charge is -2.57. The van der Waals surface area contributed by atoms with Crippen LogP contribution in [0.4, 0.5) is 4.79 Å². The van der Waals surface area contributed by atoms with Gasteiger partial charge in [-0.1, -0.05) is 35.5 Å². The Morgan fingerprint density at radius 2 is 1.72 bits per heavy atom. The highest BCUT2D eigenvalue weighted by molar-refractivity contribution is 7.10. The third kappa shape index (κ3) is 3.96. The smallest absolute Gasteiger partial charge is 0.317 e. The number of carbonyl (C=O) groups is 1. The molecular formula is C29H34N4O2S. The zero-order valence-electron chi connectivity index (χ0n) is 20.9. The van der Waals surface area contributed by atoms with Crippen molar-refractivity contribution in [1.82, 2.24) is 20.4 Å². The summed E-state index contributed by atoms with van der Waals surface area (Å²) >= 11 is 1.72. The van der Waals surface area contributed by atoms with Crippen LogP contribution in [0.25, 0.3) is 22.5 Å². The van der Waals surface area contributed by atoms with Crippen LogP contribution < -0.4 is 5.32 Å². The van der Waals surface area contributed by atoms with Crippen molar-refractivity contribution in [2.24, 2.45) is 17.8 Å². The number of amides is 2. The Balaban J connectivity index is 1.01. The van der Waals surface area contributed by atoms with Gasteiger partial charge in [0, 0.05) is 35.5 Å². The molecule has 3 aromatic rings. The van der Waals surface area contributed by atoms with Crippen LogP contribution in [0.3, 0.4) is 0 Å². The molecule has 4 aliphatic carbocycles. The summed E-state index contributed by atoms with van der Waals surface area (Å²) in [6, 6.07) is 10.3. The molecule has 5 aliphatic rings. The average molecular weight is 503 g/mol. The Kier molecular flexibility index (Phi) is 5.45. The van der Waals surface area contributed by atoms with Gasteiger partial charge >= 0.3 is 6.03 Å². The summed E-state index contributed by atoms with van der Waals surface area (Å²) in [5.41, 5.74) is 3.89. The van der Waals surface area contributed by atoms with Crippen molar-refractivity contribution in [3.8, 4) is 22.5 Å². The first-order valence-corrected chi connectivity index (χ1v) is 14.5. The molecule has 1 saturated heterocycles. The van der Waals surface area contributed by atoms with Gasteiger partial charge in [0.1, 0.15) is 11.5 Å². The number of nitrogens with one attached hydrogen (secondary N) is 1. The molecule has 5 fully saturated rings. The first-order valence-electron chi connectivity index (χ1n) is 13.6. The van der Waals surface area contributed by atoms with Crippen molar-refractivity contribution in [2.75, 3.05) is 13.1 Å². The van der Waals surface area contributed by atoms with Crippen LogP contribution in [0.15, 0.2) is 40.2 Å². The van der Waals surface area contributed by atoms with E-state index in [1.165, 1.54) is 38.5 Å². The van der Waals surface area contributed by atoms with Gasteiger partial charge in [-0.3, -0.25) is 0 Å². The molecule has 1 N–H and O–H groups in total. The molecule has 0 unspecified atom stereocenters. The molecule has 3 heterocycles. The number of benzene rings is 1. The van der Waals surface area contributed by atoms with Gasteiger partial charge < -0.3 is 14.7 Å². The van der Waals surface area contributed by atoms with Crippen molar-refractivity contribution in [1.29, 1.82) is 0 Å². The standard InChI is InChI=1S/C29H34N4O2S/c1-18-25(26(32-35-18)22-5-3-2-4-6-22)24-17-36-27(30-24)23-7-9-33(10-8-23)28(34)31-29-14-19-11-20(15-29)13-21(12-19)16-29/h2-6,17,19-21,23H,7-16H2,1H3,(H,31,34). The molecule has 1 aromatic carbocycles. The van der Waals surface area contributed by atoms with Crippen molar-refractivity contribution in [3.05, 3.63) is 46.5 Å². The minimum absolute atomic E-state index is 0.0832. The molecule has 0 spiro atoms. The monoisotopic (exact) mass is 502 g/mol. The lowest BCUT2D eigenvalue weighted by Crippen LogP contribution is -2.62. The van der Waals surface area contributed by atoms with E-state index in [0.29, 0.717) is 5.92 Å². The van der Waals surface area contributed by atoms with E-state index in [1.807, 2.05) is 25.1 Å². The molecule has 4 bridgehead atoms. The topological polar surface area (TPSA) is 71.3 Å². The number of thiazole rings is 1. The number of nitrogens with zero attached hydrogens (tertiary/aromatic N) is 3. The maximum Gasteiger partial charge on any atom is 0.317 e. The number of likely N-dealkylation sites (tertiary alicyclic amines) is 1. The van der Waals surface area contributed by atoms with Gasteiger partial charge in [0.15, 0.2) is 0 Å². The number of hydrogen-bond acceptors (Lipinski definition) is 5. The fraction of sp³-hybridized carbons (Fsp3) is 0.552. The molecule has 6 nitrogen and oxygen atoms in total. The summed E-state index contributed by atoms with van der Waals surface area (Å²) in [6.45, 7) is 3.56. The maximum absolute atomic E-state index is 13.3. The van der Waals surface area contributed by atoms with Gasteiger partial charge in [0.25, 0.3) is 0 Å². The van der Waals surface area contributed by atoms with Crippen molar-refractivity contribution < 1.29 is 9.32 Å². The molecule has 0 atom stereocenters. The van der Waals surface area contributed by atoms with E-state index in [0.717, 1.165) is 77.0 Å². The summed E-state index contributed by atoms with van der Waals surface area (Å²) in [7, 11) is 0. The SMILES string of the molecule is Cc1onc(-c2ccccc2)c1-c1csc(C2CCN(C(=O)NC34CC5CC(CC(C5)C3)C4)CC2)n1. The normalized spacial score (nSPS) is 29.6. The number of hydrogen-bond donors (Lipinski definition) is 1. The zero-order chi connectivity index (χ0) is 24.3. The Morgan fingerprint density at radius 1 is 1.06 bits per heavy atom. The molecule has 2 aromatic heterocycles. The van der Waals surface area contributed by atoms with Crippen LogP contribution in [0.1, 0.15) is 68.1 Å². The van der Waals surface area contributed by atoms with Gasteiger partial charge in [-0.25, -0.2) is 9.78 Å². The second-order valence-corrected chi connectivity index (χ2v) is 12.7. The van der Waals surface area contributed by atoms with Gasteiger partial charge in [-0.05, 0) is 76.0 Å². The van der Waals surface area contributed by atoms with Gasteiger partial charge in [-0.15, -0.1) is 11.3 Å². The molecule has 8 rings (SSSR count). The van der Waals surface area contributed by atoms with Gasteiger partial charge in [-0.2, -0.15) is 0 Å². The molecule has 4 saturated carbocycles. The quantitative estimate of drug-likeness (QED) is 0.435. The van der Waals surface area contributed by atoms with E-state index in [2.05, 4.69) is 32.9 Å². The summed E-state index contributed by atoms with van der Waals surface area (Å²) in [5, 5.41) is 11.2. The highest BCUT2D eigenvalue weighted by Gasteiger charge is 2.52. The molecule has 7 heteroatoms. The molecular weight excluding hydrogens is 468 g/mol. The number of rotatable bonds is 4. The molecule has 2 amide bonds. The van der Waals surface area contributed by atoms with Gasteiger partial charge in [0.05, 0.1) is 16.3 Å². The van der Waals surface area contributed by atoms with Crippen molar-refractivity contribution in [3.63, 3.8) is 0 Å². The average Bonchev–Trinajstić information content (AvgIpc) is 3.50. The number of aryl methyl sites for hydroxylation is 1. The Bertz CT molecular complexity index is 1220. The maximum atomic E-state index is 13.3. The second-order valence-electron chi connectivity index (χ2n) is 11.8. The third-order valence-electron chi connectivity index (χ3n) is 9.23. The molecule has 0 radical (unpaired) electrons. The minimum atomic E-state index is 0.0832. The number of carbonyl (C=O) groups excluding carboxylic acids is 1. The lowest BCUT2D eigenvalue weighted by atomic mass is 9.53. The zero-order valence-corrected chi connectivity index (χ0v) is 21.7. The summed E-state index contributed by atoms with van der Waals surface area (Å²) in [6.07, 6.45) is 9.75. The van der Waals surface area contributed by atoms with E-state index < -0.39 is 0 Å². The van der Waals surface area contributed by atoms with Crippen molar-refractivity contribution in [2.45, 2.75) is 69.7 Å². The summed E-state index contributed by atoms with van der Waals surface area (Å²) < 4.78 is 5.56. The lowest BCUT2D eigenvalue weighted by molar-refractivity contribution is -0.0160. The Morgan fingerprint density at radius 3 is 2.39 bits per heavy atom. The third-order valence-corrected chi connectivity index (χ3v) is 10.2. The predicted molar refractivity (Wildman–Crippen MR) is 141 cm³/mol. The largest absolute Gasteiger partial charge is 0.360 e. The fourth-order valence-corrected chi connectivity index (χ4v) is 8.94. The number of piperidine rings is 1. The summed E-state index contributed by atoms with van der Waals surface area (Å²) in [4.78, 5) is 20.4. The van der Waals surface area contributed by atoms with E-state index in [4.69, 9.17) is 9.51 Å². The second kappa shape index (κ2) is 8.72.